The Morgan fingerprint density at radius 2 is 1.27 bits per heavy atom. The van der Waals surface area contributed by atoms with Gasteiger partial charge in [-0.05, 0) is 59.0 Å². The van der Waals surface area contributed by atoms with Crippen LogP contribution in [0.1, 0.15) is 0 Å². The summed E-state index contributed by atoms with van der Waals surface area (Å²) in [7, 11) is 0. The van der Waals surface area contributed by atoms with Crippen LogP contribution in [0.5, 0.6) is 0 Å². The van der Waals surface area contributed by atoms with Crippen LogP contribution in [0, 0.1) is 0 Å². The number of rotatable bonds is 2. The maximum atomic E-state index is 6.55. The van der Waals surface area contributed by atoms with Crippen molar-refractivity contribution in [2.24, 2.45) is 0 Å². The largest absolute Gasteiger partial charge is 0.455 e. The minimum atomic E-state index is 0.895. The second kappa shape index (κ2) is 8.05. The highest BCUT2D eigenvalue weighted by atomic mass is 16.3. The minimum absolute atomic E-state index is 0.895. The van der Waals surface area contributed by atoms with Crippen LogP contribution in [0.3, 0.4) is 0 Å². The van der Waals surface area contributed by atoms with Gasteiger partial charge in [0.2, 0.25) is 0 Å². The fraction of sp³-hybridized carbons (Fsp3) is 0. The molecule has 0 amide bonds. The molecule has 186 valence electrons. The van der Waals surface area contributed by atoms with Crippen molar-refractivity contribution >= 4 is 65.4 Å². The number of benzene rings is 6. The highest BCUT2D eigenvalue weighted by molar-refractivity contribution is 6.26. The summed E-state index contributed by atoms with van der Waals surface area (Å²) in [5, 5.41) is 8.05. The summed E-state index contributed by atoms with van der Waals surface area (Å²) in [6, 6.07) is 47.0. The molecule has 3 nitrogen and oxygen atoms in total. The average molecular weight is 511 g/mol. The molecule has 0 spiro atoms. The van der Waals surface area contributed by atoms with Crippen LogP contribution in [-0.4, -0.2) is 9.55 Å². The number of hydrogen-bond donors (Lipinski definition) is 0. The van der Waals surface area contributed by atoms with E-state index in [-0.39, 0.29) is 0 Å². The van der Waals surface area contributed by atoms with Gasteiger partial charge in [0.15, 0.2) is 0 Å². The zero-order chi connectivity index (χ0) is 26.2. The van der Waals surface area contributed by atoms with Gasteiger partial charge < -0.3 is 4.42 Å². The van der Waals surface area contributed by atoms with Gasteiger partial charge in [0.1, 0.15) is 17.0 Å². The summed E-state index contributed by atoms with van der Waals surface area (Å²) < 4.78 is 8.86. The van der Waals surface area contributed by atoms with E-state index in [9.17, 15) is 0 Å². The van der Waals surface area contributed by atoms with Gasteiger partial charge >= 0.3 is 0 Å². The van der Waals surface area contributed by atoms with Crippen molar-refractivity contribution < 1.29 is 4.42 Å². The van der Waals surface area contributed by atoms with E-state index in [2.05, 4.69) is 120 Å². The van der Waals surface area contributed by atoms with Crippen molar-refractivity contribution in [3.63, 3.8) is 0 Å². The smallest absolute Gasteiger partial charge is 0.145 e. The van der Waals surface area contributed by atoms with Crippen LogP contribution >= 0.6 is 0 Å². The molecule has 9 aromatic rings. The molecule has 3 heterocycles. The third kappa shape index (κ3) is 2.97. The number of para-hydroxylation sites is 2. The van der Waals surface area contributed by atoms with Gasteiger partial charge in [-0.1, -0.05) is 91.0 Å². The second-order valence-electron chi connectivity index (χ2n) is 10.4. The number of pyridine rings is 1. The predicted molar refractivity (Wildman–Crippen MR) is 166 cm³/mol. The van der Waals surface area contributed by atoms with Crippen molar-refractivity contribution in [3.05, 3.63) is 133 Å². The molecule has 0 aliphatic rings. The van der Waals surface area contributed by atoms with E-state index < -0.39 is 0 Å². The second-order valence-corrected chi connectivity index (χ2v) is 10.4. The SMILES string of the molecule is c1ccc(-c2ccc3nc(-n4c5ccccc5c5ccc6ccc7c8ccccc8oc7c6c54)ccc3c2)cc1. The Kier molecular flexibility index (Phi) is 4.33. The molecular weight excluding hydrogens is 488 g/mol. The third-order valence-electron chi connectivity index (χ3n) is 8.17. The van der Waals surface area contributed by atoms with Gasteiger partial charge in [0, 0.05) is 32.3 Å². The Labute approximate surface area is 229 Å². The molecule has 0 radical (unpaired) electrons. The molecule has 0 saturated heterocycles. The topological polar surface area (TPSA) is 31.0 Å². The van der Waals surface area contributed by atoms with E-state index in [0.717, 1.165) is 60.5 Å². The summed E-state index contributed by atoms with van der Waals surface area (Å²) in [4.78, 5) is 5.21. The summed E-state index contributed by atoms with van der Waals surface area (Å²) in [6.07, 6.45) is 0. The van der Waals surface area contributed by atoms with Crippen molar-refractivity contribution in [1.29, 1.82) is 0 Å². The fourth-order valence-electron chi connectivity index (χ4n) is 6.33. The van der Waals surface area contributed by atoms with Crippen molar-refractivity contribution in [2.45, 2.75) is 0 Å². The molecule has 0 aliphatic carbocycles. The predicted octanol–water partition coefficient (Wildman–Crippen LogP) is 10.1. The van der Waals surface area contributed by atoms with E-state index in [4.69, 9.17) is 9.40 Å². The molecule has 40 heavy (non-hydrogen) atoms. The van der Waals surface area contributed by atoms with E-state index in [0.29, 0.717) is 0 Å². The van der Waals surface area contributed by atoms with Gasteiger partial charge in [0.05, 0.1) is 16.6 Å². The number of aromatic nitrogens is 2. The number of hydrogen-bond acceptors (Lipinski definition) is 2. The fourth-order valence-corrected chi connectivity index (χ4v) is 6.33. The zero-order valence-electron chi connectivity index (χ0n) is 21.5. The lowest BCUT2D eigenvalue weighted by molar-refractivity contribution is 0.673. The first kappa shape index (κ1) is 21.5. The summed E-state index contributed by atoms with van der Waals surface area (Å²) in [6.45, 7) is 0. The molecular formula is C37H22N2O. The molecule has 0 fully saturated rings. The molecule has 3 aromatic heterocycles. The maximum Gasteiger partial charge on any atom is 0.145 e. The average Bonchev–Trinajstić information content (AvgIpc) is 3.57. The van der Waals surface area contributed by atoms with Gasteiger partial charge in [-0.2, -0.15) is 0 Å². The van der Waals surface area contributed by atoms with E-state index in [1.54, 1.807) is 0 Å². The molecule has 0 N–H and O–H groups in total. The lowest BCUT2D eigenvalue weighted by atomic mass is 10.0. The van der Waals surface area contributed by atoms with Gasteiger partial charge in [-0.3, -0.25) is 4.57 Å². The summed E-state index contributed by atoms with van der Waals surface area (Å²) in [5.74, 6) is 0.895. The highest BCUT2D eigenvalue weighted by Gasteiger charge is 2.19. The molecule has 0 atom stereocenters. The Morgan fingerprint density at radius 1 is 0.525 bits per heavy atom. The molecule has 3 heteroatoms. The zero-order valence-corrected chi connectivity index (χ0v) is 21.5. The van der Waals surface area contributed by atoms with Gasteiger partial charge in [-0.25, -0.2) is 4.98 Å². The Morgan fingerprint density at radius 3 is 2.17 bits per heavy atom. The third-order valence-corrected chi connectivity index (χ3v) is 8.17. The molecule has 0 aliphatic heterocycles. The maximum absolute atomic E-state index is 6.55. The molecule has 9 rings (SSSR count). The molecule has 6 aromatic carbocycles. The quantitative estimate of drug-likeness (QED) is 0.232. The Hall–Kier alpha value is -5.41. The molecule has 0 unspecified atom stereocenters. The molecule has 0 saturated carbocycles. The Bertz CT molecular complexity index is 2420. The van der Waals surface area contributed by atoms with Crippen LogP contribution in [0.2, 0.25) is 0 Å². The Balaban J connectivity index is 1.38. The van der Waals surface area contributed by atoms with Crippen molar-refractivity contribution in [3.8, 4) is 16.9 Å². The number of nitrogens with zero attached hydrogens (tertiary/aromatic N) is 2. The van der Waals surface area contributed by atoms with Crippen LogP contribution in [0.4, 0.5) is 0 Å². The first-order valence-corrected chi connectivity index (χ1v) is 13.6. The van der Waals surface area contributed by atoms with Gasteiger partial charge in [-0.15, -0.1) is 0 Å². The monoisotopic (exact) mass is 510 g/mol. The number of furan rings is 1. The van der Waals surface area contributed by atoms with Gasteiger partial charge in [0.25, 0.3) is 0 Å². The van der Waals surface area contributed by atoms with Crippen molar-refractivity contribution in [2.75, 3.05) is 0 Å². The van der Waals surface area contributed by atoms with Crippen LogP contribution < -0.4 is 0 Å². The summed E-state index contributed by atoms with van der Waals surface area (Å²) in [5.41, 5.74) is 7.44. The number of fused-ring (bicyclic) bond motifs is 10. The van der Waals surface area contributed by atoms with E-state index in [1.165, 1.54) is 21.9 Å². The molecule has 0 bridgehead atoms. The highest BCUT2D eigenvalue weighted by Crippen LogP contribution is 2.41. The van der Waals surface area contributed by atoms with Crippen molar-refractivity contribution in [1.82, 2.24) is 9.55 Å². The lowest BCUT2D eigenvalue weighted by Gasteiger charge is -2.11. The first-order valence-electron chi connectivity index (χ1n) is 13.6. The summed E-state index contributed by atoms with van der Waals surface area (Å²) >= 11 is 0. The van der Waals surface area contributed by atoms with E-state index in [1.807, 2.05) is 18.2 Å². The lowest BCUT2D eigenvalue weighted by Crippen LogP contribution is -1.98. The van der Waals surface area contributed by atoms with E-state index >= 15 is 0 Å². The van der Waals surface area contributed by atoms with Crippen LogP contribution in [0.15, 0.2) is 138 Å². The first-order chi connectivity index (χ1) is 19.8. The van der Waals surface area contributed by atoms with Crippen LogP contribution in [0.25, 0.3) is 82.4 Å². The van der Waals surface area contributed by atoms with Crippen LogP contribution in [-0.2, 0) is 0 Å². The standard InChI is InChI=1S/C37H22N2O/c1-2-8-23(9-3-1)25-16-20-31-26(22-25)17-21-34(38-31)39-32-12-6-4-10-27(32)29-18-14-24-15-19-30-28-11-5-7-13-33(28)40-37(30)35(24)36(29)39/h1-22H. The minimum Gasteiger partial charge on any atom is -0.455 e. The normalized spacial score (nSPS) is 12.0.